The molecule has 6 heteroatoms. The van der Waals surface area contributed by atoms with Crippen molar-refractivity contribution in [2.75, 3.05) is 6.61 Å². The largest absolute Gasteiger partial charge is 0.508 e. The van der Waals surface area contributed by atoms with Crippen molar-refractivity contribution in [3.63, 3.8) is 0 Å². The van der Waals surface area contributed by atoms with Crippen LogP contribution in [0.2, 0.25) is 0 Å². The van der Waals surface area contributed by atoms with E-state index < -0.39 is 4.92 Å². The van der Waals surface area contributed by atoms with Gasteiger partial charge in [-0.25, -0.2) is 0 Å². The summed E-state index contributed by atoms with van der Waals surface area (Å²) in [6.07, 6.45) is 16.4. The van der Waals surface area contributed by atoms with Crippen molar-refractivity contribution in [2.45, 2.75) is 84.0 Å². The lowest BCUT2D eigenvalue weighted by Gasteiger charge is -2.06. The van der Waals surface area contributed by atoms with Gasteiger partial charge < -0.3 is 14.9 Å². The van der Waals surface area contributed by atoms with E-state index in [1.807, 2.05) is 12.1 Å². The van der Waals surface area contributed by atoms with Gasteiger partial charge in [-0.1, -0.05) is 89.7 Å². The van der Waals surface area contributed by atoms with Gasteiger partial charge in [0, 0.05) is 6.07 Å². The fraction of sp³-hybridized carbons (Fsp3) is 0.538. The van der Waals surface area contributed by atoms with Crippen LogP contribution in [-0.2, 0) is 0 Å². The van der Waals surface area contributed by atoms with Crippen LogP contribution in [0, 0.1) is 10.1 Å². The van der Waals surface area contributed by atoms with Crippen LogP contribution < -0.4 is 4.74 Å². The van der Waals surface area contributed by atoms with Crippen LogP contribution >= 0.6 is 0 Å². The Morgan fingerprint density at radius 3 is 1.72 bits per heavy atom. The SMILES string of the molecule is CCCCCCCCCCCCCCOc1ccc(O)cc1.O=[N+]([O-])c1ccccc1O. The zero-order valence-electron chi connectivity index (χ0n) is 19.4. The molecule has 0 aliphatic rings. The molecule has 0 heterocycles. The molecule has 2 aromatic carbocycles. The molecule has 0 spiro atoms. The summed E-state index contributed by atoms with van der Waals surface area (Å²) in [5.41, 5.74) is -0.262. The summed E-state index contributed by atoms with van der Waals surface area (Å²) in [6.45, 7) is 3.05. The smallest absolute Gasteiger partial charge is 0.310 e. The number of para-hydroxylation sites is 2. The second-order valence-electron chi connectivity index (χ2n) is 7.98. The first kappa shape index (κ1) is 27.3. The minimum atomic E-state index is -0.630. The molecule has 0 radical (unpaired) electrons. The molecule has 2 aromatic rings. The number of nitro groups is 1. The van der Waals surface area contributed by atoms with Crippen LogP contribution in [0.3, 0.4) is 0 Å². The Kier molecular flexibility index (Phi) is 15.2. The number of rotatable bonds is 15. The summed E-state index contributed by atoms with van der Waals surface area (Å²) in [5.74, 6) is 0.839. The predicted molar refractivity (Wildman–Crippen MR) is 129 cm³/mol. The second kappa shape index (κ2) is 17.9. The van der Waals surface area contributed by atoms with Gasteiger partial charge >= 0.3 is 5.69 Å². The van der Waals surface area contributed by atoms with Gasteiger partial charge in [0.05, 0.1) is 11.5 Å². The summed E-state index contributed by atoms with van der Waals surface area (Å²) in [5, 5.41) is 28.1. The fourth-order valence-corrected chi connectivity index (χ4v) is 3.29. The fourth-order valence-electron chi connectivity index (χ4n) is 3.29. The van der Waals surface area contributed by atoms with Gasteiger partial charge in [-0.2, -0.15) is 0 Å². The van der Waals surface area contributed by atoms with Crippen LogP contribution in [0.4, 0.5) is 5.69 Å². The Hall–Kier alpha value is -2.76. The monoisotopic (exact) mass is 445 g/mol. The summed E-state index contributed by atoms with van der Waals surface area (Å²) < 4.78 is 5.64. The number of phenolic OH excluding ortho intramolecular Hbond substituents is 2. The van der Waals surface area contributed by atoms with Crippen molar-refractivity contribution in [1.29, 1.82) is 0 Å². The van der Waals surface area contributed by atoms with Gasteiger partial charge in [-0.05, 0) is 36.8 Å². The van der Waals surface area contributed by atoms with E-state index in [2.05, 4.69) is 6.92 Å². The van der Waals surface area contributed by atoms with Gasteiger partial charge in [0.1, 0.15) is 11.5 Å². The maximum atomic E-state index is 10.1. The maximum absolute atomic E-state index is 10.1. The van der Waals surface area contributed by atoms with Crippen molar-refractivity contribution in [3.8, 4) is 17.2 Å². The van der Waals surface area contributed by atoms with Crippen molar-refractivity contribution >= 4 is 5.69 Å². The highest BCUT2D eigenvalue weighted by Gasteiger charge is 2.09. The van der Waals surface area contributed by atoms with Crippen LogP contribution in [0.25, 0.3) is 0 Å². The summed E-state index contributed by atoms with van der Waals surface area (Å²) in [7, 11) is 0. The Balaban J connectivity index is 0.000000425. The molecule has 2 rings (SSSR count). The minimum Gasteiger partial charge on any atom is -0.508 e. The molecule has 0 saturated carbocycles. The number of hydrogen-bond donors (Lipinski definition) is 2. The number of nitro benzene ring substituents is 1. The van der Waals surface area contributed by atoms with E-state index >= 15 is 0 Å². The lowest BCUT2D eigenvalue weighted by Crippen LogP contribution is -1.96. The molecule has 2 N–H and O–H groups in total. The predicted octanol–water partition coefficient (Wildman–Crippen LogP) is 7.77. The molecule has 0 aliphatic carbocycles. The van der Waals surface area contributed by atoms with Crippen LogP contribution in [-0.4, -0.2) is 21.7 Å². The summed E-state index contributed by atoms with van der Waals surface area (Å²) in [4.78, 5) is 9.44. The molecule has 32 heavy (non-hydrogen) atoms. The Labute approximate surface area is 192 Å². The van der Waals surface area contributed by atoms with E-state index in [1.165, 1.54) is 94.9 Å². The molecule has 0 saturated heterocycles. The van der Waals surface area contributed by atoms with Gasteiger partial charge in [0.25, 0.3) is 0 Å². The average Bonchev–Trinajstić information content (AvgIpc) is 2.79. The first-order valence-electron chi connectivity index (χ1n) is 11.9. The molecule has 0 fully saturated rings. The second-order valence-corrected chi connectivity index (χ2v) is 7.98. The Bertz CT molecular complexity index is 733. The minimum absolute atomic E-state index is 0.262. The molecule has 0 aromatic heterocycles. The van der Waals surface area contributed by atoms with E-state index in [4.69, 9.17) is 9.84 Å². The number of ether oxygens (including phenoxy) is 1. The van der Waals surface area contributed by atoms with Crippen molar-refractivity contribution in [1.82, 2.24) is 0 Å². The highest BCUT2D eigenvalue weighted by Crippen LogP contribution is 2.23. The molecular formula is C26H39NO5. The quantitative estimate of drug-likeness (QED) is 0.166. The van der Waals surface area contributed by atoms with Gasteiger partial charge in [-0.3, -0.25) is 10.1 Å². The third-order valence-corrected chi connectivity index (χ3v) is 5.18. The van der Waals surface area contributed by atoms with Gasteiger partial charge in [-0.15, -0.1) is 0 Å². The highest BCUT2D eigenvalue weighted by molar-refractivity contribution is 5.44. The molecule has 0 aliphatic heterocycles. The maximum Gasteiger partial charge on any atom is 0.310 e. The van der Waals surface area contributed by atoms with E-state index in [-0.39, 0.29) is 17.2 Å². The molecule has 0 unspecified atom stereocenters. The first-order chi connectivity index (χ1) is 15.5. The number of nitrogens with zero attached hydrogens (tertiary/aromatic N) is 1. The molecular weight excluding hydrogens is 406 g/mol. The number of phenols is 2. The van der Waals surface area contributed by atoms with Gasteiger partial charge in [0.15, 0.2) is 5.75 Å². The topological polar surface area (TPSA) is 92.8 Å². The average molecular weight is 446 g/mol. The summed E-state index contributed by atoms with van der Waals surface area (Å²) >= 11 is 0. The third-order valence-electron chi connectivity index (χ3n) is 5.18. The lowest BCUT2D eigenvalue weighted by atomic mass is 10.1. The van der Waals surface area contributed by atoms with Crippen molar-refractivity contribution in [2.24, 2.45) is 0 Å². The highest BCUT2D eigenvalue weighted by atomic mass is 16.6. The zero-order chi connectivity index (χ0) is 23.4. The van der Waals surface area contributed by atoms with E-state index in [9.17, 15) is 15.2 Å². The molecule has 0 amide bonds. The van der Waals surface area contributed by atoms with Crippen LogP contribution in [0.15, 0.2) is 48.5 Å². The molecule has 6 nitrogen and oxygen atoms in total. The van der Waals surface area contributed by atoms with E-state index in [0.717, 1.165) is 18.8 Å². The Morgan fingerprint density at radius 2 is 1.25 bits per heavy atom. The third kappa shape index (κ3) is 13.5. The zero-order valence-corrected chi connectivity index (χ0v) is 19.4. The number of benzene rings is 2. The van der Waals surface area contributed by atoms with Crippen LogP contribution in [0.1, 0.15) is 84.0 Å². The summed E-state index contributed by atoms with van der Waals surface area (Å²) in [6, 6.07) is 12.5. The van der Waals surface area contributed by atoms with Crippen molar-refractivity contribution in [3.05, 3.63) is 58.6 Å². The lowest BCUT2D eigenvalue weighted by molar-refractivity contribution is -0.385. The normalized spacial score (nSPS) is 10.3. The Morgan fingerprint density at radius 1 is 0.750 bits per heavy atom. The van der Waals surface area contributed by atoms with Crippen molar-refractivity contribution < 1.29 is 19.9 Å². The van der Waals surface area contributed by atoms with E-state index in [0.29, 0.717) is 0 Å². The molecule has 0 atom stereocenters. The molecule has 178 valence electrons. The van der Waals surface area contributed by atoms with Gasteiger partial charge in [0.2, 0.25) is 0 Å². The standard InChI is InChI=1S/C20H34O2.C6H5NO3/c1-2-3-4-5-6-7-8-9-10-11-12-13-18-22-20-16-14-19(21)15-17-20;8-6-4-2-1-3-5(6)7(9)10/h14-17,21H,2-13,18H2,1H3;1-4,8H. The van der Waals surface area contributed by atoms with Crippen LogP contribution in [0.5, 0.6) is 17.2 Å². The first-order valence-corrected chi connectivity index (χ1v) is 11.9. The van der Waals surface area contributed by atoms with E-state index in [1.54, 1.807) is 12.1 Å². The number of hydrogen-bond acceptors (Lipinski definition) is 5. The number of unbranched alkanes of at least 4 members (excludes halogenated alkanes) is 11. The number of aromatic hydroxyl groups is 2. The molecule has 0 bridgehead atoms.